The van der Waals surface area contributed by atoms with Crippen molar-refractivity contribution >= 4 is 23.5 Å². The Morgan fingerprint density at radius 1 is 1.16 bits per heavy atom. The van der Waals surface area contributed by atoms with E-state index in [4.69, 9.17) is 10.2 Å². The van der Waals surface area contributed by atoms with Gasteiger partial charge in [0.15, 0.2) is 5.92 Å². The molecule has 2 N–H and O–H groups in total. The van der Waals surface area contributed by atoms with E-state index in [1.807, 2.05) is 0 Å². The maximum atomic E-state index is 10.8. The molecule has 0 aliphatic carbocycles. The Bertz CT molecular complexity index is 566. The summed E-state index contributed by atoms with van der Waals surface area (Å²) in [5, 5.41) is 23.3. The van der Waals surface area contributed by atoms with Gasteiger partial charge in [0.1, 0.15) is 5.69 Å². The Morgan fingerprint density at radius 3 is 2.26 bits per heavy atom. The molecule has 0 spiro atoms. The summed E-state index contributed by atoms with van der Waals surface area (Å²) >= 11 is 1.24. The minimum absolute atomic E-state index is 0.0414. The van der Waals surface area contributed by atoms with Crippen LogP contribution < -0.4 is 0 Å². The molecular weight excluding hydrogens is 268 g/mol. The minimum Gasteiger partial charge on any atom is -0.481 e. The van der Waals surface area contributed by atoms with E-state index in [0.29, 0.717) is 5.56 Å². The predicted octanol–water partition coefficient (Wildman–Crippen LogP) is 1.53. The van der Waals surface area contributed by atoms with Crippen LogP contribution in [0.4, 0.5) is 0 Å². The molecule has 2 aromatic rings. The summed E-state index contributed by atoms with van der Waals surface area (Å²) in [7, 11) is 0. The van der Waals surface area contributed by atoms with Gasteiger partial charge >= 0.3 is 11.9 Å². The van der Waals surface area contributed by atoms with E-state index in [9.17, 15) is 9.59 Å². The van der Waals surface area contributed by atoms with Gasteiger partial charge < -0.3 is 10.2 Å². The molecule has 0 aliphatic rings. The smallest absolute Gasteiger partial charge is 0.318 e. The highest BCUT2D eigenvalue weighted by molar-refractivity contribution is 7.03. The summed E-state index contributed by atoms with van der Waals surface area (Å²) in [6.07, 6.45) is -0.0414. The zero-order chi connectivity index (χ0) is 13.8. The average Bonchev–Trinajstić information content (AvgIpc) is 2.89. The zero-order valence-corrected chi connectivity index (χ0v) is 10.5. The number of nitrogens with zero attached hydrogens (tertiary/aromatic N) is 2. The number of carboxylic acids is 2. The average molecular weight is 278 g/mol. The third-order valence-corrected chi connectivity index (χ3v) is 3.15. The van der Waals surface area contributed by atoms with E-state index in [-0.39, 0.29) is 6.42 Å². The minimum atomic E-state index is -1.42. The first-order chi connectivity index (χ1) is 9.08. The third kappa shape index (κ3) is 3.14. The quantitative estimate of drug-likeness (QED) is 0.804. The Kier molecular flexibility index (Phi) is 3.86. The highest BCUT2D eigenvalue weighted by Gasteiger charge is 2.25. The van der Waals surface area contributed by atoms with Gasteiger partial charge in [-0.2, -0.15) is 0 Å². The normalized spacial score (nSPS) is 10.6. The number of aromatic nitrogens is 2. The van der Waals surface area contributed by atoms with Crippen LogP contribution in [0.5, 0.6) is 0 Å². The van der Waals surface area contributed by atoms with Gasteiger partial charge in [0.05, 0.1) is 0 Å². The lowest BCUT2D eigenvalue weighted by Crippen LogP contribution is -2.25. The van der Waals surface area contributed by atoms with E-state index in [0.717, 1.165) is 11.3 Å². The number of carboxylic acid groups (broad SMARTS) is 2. The van der Waals surface area contributed by atoms with Gasteiger partial charge in [-0.05, 0) is 23.5 Å². The monoisotopic (exact) mass is 278 g/mol. The summed E-state index contributed by atoms with van der Waals surface area (Å²) < 4.78 is 3.75. The molecule has 6 nitrogen and oxygen atoms in total. The predicted molar refractivity (Wildman–Crippen MR) is 67.8 cm³/mol. The van der Waals surface area contributed by atoms with Crippen molar-refractivity contribution in [1.29, 1.82) is 0 Å². The second kappa shape index (κ2) is 5.57. The Balaban J connectivity index is 2.15. The molecule has 1 heterocycles. The van der Waals surface area contributed by atoms with Gasteiger partial charge in [-0.25, -0.2) is 0 Å². The molecule has 19 heavy (non-hydrogen) atoms. The van der Waals surface area contributed by atoms with Crippen LogP contribution in [0.3, 0.4) is 0 Å². The van der Waals surface area contributed by atoms with E-state index >= 15 is 0 Å². The number of aliphatic carboxylic acids is 2. The molecule has 0 aliphatic heterocycles. The van der Waals surface area contributed by atoms with Crippen molar-refractivity contribution in [3.05, 3.63) is 35.2 Å². The van der Waals surface area contributed by atoms with E-state index < -0.39 is 17.9 Å². The van der Waals surface area contributed by atoms with Crippen LogP contribution in [0.1, 0.15) is 5.56 Å². The fourth-order valence-corrected chi connectivity index (χ4v) is 2.08. The van der Waals surface area contributed by atoms with Gasteiger partial charge in [-0.1, -0.05) is 28.8 Å². The van der Waals surface area contributed by atoms with Crippen LogP contribution in [0.15, 0.2) is 29.6 Å². The summed E-state index contributed by atoms with van der Waals surface area (Å²) in [5.74, 6) is -4.09. The number of hydrogen-bond donors (Lipinski definition) is 2. The lowest BCUT2D eigenvalue weighted by Gasteiger charge is -2.07. The standard InChI is InChI=1S/C12H10N2O4S/c15-11(16)9(12(17)18)5-7-1-3-8(4-2-7)10-6-19-14-13-10/h1-4,6,9H,5H2,(H,15,16)(H,17,18). The van der Waals surface area contributed by atoms with Gasteiger partial charge in [0.2, 0.25) is 0 Å². The topological polar surface area (TPSA) is 100 Å². The second-order valence-electron chi connectivity index (χ2n) is 3.92. The van der Waals surface area contributed by atoms with Gasteiger partial charge in [0, 0.05) is 10.9 Å². The van der Waals surface area contributed by atoms with Gasteiger partial charge in [-0.3, -0.25) is 9.59 Å². The van der Waals surface area contributed by atoms with Crippen molar-refractivity contribution in [1.82, 2.24) is 9.59 Å². The van der Waals surface area contributed by atoms with Crippen LogP contribution in [0.2, 0.25) is 0 Å². The third-order valence-electron chi connectivity index (χ3n) is 2.65. The molecule has 1 aromatic heterocycles. The number of rotatable bonds is 5. The highest BCUT2D eigenvalue weighted by atomic mass is 32.1. The van der Waals surface area contributed by atoms with Crippen molar-refractivity contribution in [2.45, 2.75) is 6.42 Å². The van der Waals surface area contributed by atoms with Crippen LogP contribution in [0, 0.1) is 5.92 Å². The van der Waals surface area contributed by atoms with Crippen LogP contribution in [0.25, 0.3) is 11.3 Å². The fourth-order valence-electron chi connectivity index (χ4n) is 1.62. The largest absolute Gasteiger partial charge is 0.481 e. The lowest BCUT2D eigenvalue weighted by molar-refractivity contribution is -0.154. The number of carbonyl (C=O) groups is 2. The van der Waals surface area contributed by atoms with Crippen LogP contribution in [-0.4, -0.2) is 31.7 Å². The van der Waals surface area contributed by atoms with E-state index in [1.165, 1.54) is 11.5 Å². The van der Waals surface area contributed by atoms with Crippen molar-refractivity contribution in [2.24, 2.45) is 5.92 Å². The Morgan fingerprint density at radius 2 is 1.79 bits per heavy atom. The van der Waals surface area contributed by atoms with E-state index in [2.05, 4.69) is 9.59 Å². The molecule has 0 saturated carbocycles. The van der Waals surface area contributed by atoms with Crippen molar-refractivity contribution in [2.75, 3.05) is 0 Å². The van der Waals surface area contributed by atoms with E-state index in [1.54, 1.807) is 29.6 Å². The van der Waals surface area contributed by atoms with Crippen molar-refractivity contribution in [3.63, 3.8) is 0 Å². The molecule has 0 radical (unpaired) electrons. The molecule has 1 aromatic carbocycles. The summed E-state index contributed by atoms with van der Waals surface area (Å²) in [6.45, 7) is 0. The van der Waals surface area contributed by atoms with Gasteiger partial charge in [-0.15, -0.1) is 5.10 Å². The summed E-state index contributed by atoms with van der Waals surface area (Å²) in [5.41, 5.74) is 2.26. The maximum absolute atomic E-state index is 10.8. The van der Waals surface area contributed by atoms with Crippen molar-refractivity contribution in [3.8, 4) is 11.3 Å². The first-order valence-corrected chi connectivity index (χ1v) is 6.23. The molecule has 7 heteroatoms. The molecule has 0 saturated heterocycles. The summed E-state index contributed by atoms with van der Waals surface area (Å²) in [4.78, 5) is 21.6. The van der Waals surface area contributed by atoms with Crippen molar-refractivity contribution < 1.29 is 19.8 Å². The molecule has 0 amide bonds. The molecule has 0 fully saturated rings. The molecule has 0 unspecified atom stereocenters. The molecule has 0 bridgehead atoms. The first kappa shape index (κ1) is 13.2. The molecule has 2 rings (SSSR count). The van der Waals surface area contributed by atoms with Crippen LogP contribution in [-0.2, 0) is 16.0 Å². The lowest BCUT2D eigenvalue weighted by atomic mass is 9.98. The molecule has 0 atom stereocenters. The number of benzene rings is 1. The summed E-state index contributed by atoms with van der Waals surface area (Å²) in [6, 6.07) is 6.95. The fraction of sp³-hybridized carbons (Fsp3) is 0.167. The molecular formula is C12H10N2O4S. The first-order valence-electron chi connectivity index (χ1n) is 5.40. The maximum Gasteiger partial charge on any atom is 0.318 e. The number of hydrogen-bond acceptors (Lipinski definition) is 5. The zero-order valence-electron chi connectivity index (χ0n) is 9.68. The highest BCUT2D eigenvalue weighted by Crippen LogP contribution is 2.19. The van der Waals surface area contributed by atoms with Gasteiger partial charge in [0.25, 0.3) is 0 Å². The Labute approximate surface area is 112 Å². The van der Waals surface area contributed by atoms with Crippen LogP contribution >= 0.6 is 11.5 Å². The second-order valence-corrected chi connectivity index (χ2v) is 4.53. The Hall–Kier alpha value is -2.28. The molecule has 98 valence electrons. The SMILES string of the molecule is O=C(O)C(Cc1ccc(-c2csnn2)cc1)C(=O)O.